The number of nitrogens with one attached hydrogen (secondary N) is 3. The number of aliphatic hydroxyl groups is 1. The van der Waals surface area contributed by atoms with E-state index in [4.69, 9.17) is 4.74 Å². The minimum Gasteiger partial charge on any atom is -0.479 e. The van der Waals surface area contributed by atoms with Crippen LogP contribution in [0, 0.1) is 0 Å². The maximum atomic E-state index is 12.8. The Morgan fingerprint density at radius 3 is 2.77 bits per heavy atom. The van der Waals surface area contributed by atoms with Gasteiger partial charge in [0.05, 0.1) is 42.0 Å². The number of pyridine rings is 1. The number of nitrogens with zero attached hydrogens (tertiary/aromatic N) is 4. The molecule has 3 heterocycles. The van der Waals surface area contributed by atoms with Gasteiger partial charge in [0.2, 0.25) is 5.88 Å². The topological polar surface area (TPSA) is 130 Å². The molecule has 4 aromatic rings. The Kier molecular flexibility index (Phi) is 5.31. The molecule has 0 bridgehead atoms. The molecule has 0 aliphatic carbocycles. The fraction of sp³-hybridized carbons (Fsp3) is 0.200. The molecule has 4 rings (SSSR count). The second kappa shape index (κ2) is 8.21. The molecule has 0 fully saturated rings. The third-order valence-electron chi connectivity index (χ3n) is 4.73. The summed E-state index contributed by atoms with van der Waals surface area (Å²) in [5.41, 5.74) is 2.68. The fourth-order valence-corrected chi connectivity index (χ4v) is 3.34. The SMILES string of the molecule is COc1n[nH]c2cc(NC(=O)NC(c3ccccc3)c3ccnn3C)nc(CO)c12. The highest BCUT2D eigenvalue weighted by Crippen LogP contribution is 2.27. The summed E-state index contributed by atoms with van der Waals surface area (Å²) in [4.78, 5) is 17.1. The first-order valence-corrected chi connectivity index (χ1v) is 9.24. The Hall–Kier alpha value is -3.92. The van der Waals surface area contributed by atoms with Gasteiger partial charge in [-0.25, -0.2) is 9.78 Å². The summed E-state index contributed by atoms with van der Waals surface area (Å²) in [6, 6.07) is 12.2. The fourth-order valence-electron chi connectivity index (χ4n) is 3.34. The molecule has 1 unspecified atom stereocenters. The van der Waals surface area contributed by atoms with Crippen molar-refractivity contribution in [1.29, 1.82) is 0 Å². The smallest absolute Gasteiger partial charge is 0.321 e. The molecule has 10 heteroatoms. The van der Waals surface area contributed by atoms with Crippen molar-refractivity contribution in [3.63, 3.8) is 0 Å². The Morgan fingerprint density at radius 2 is 2.10 bits per heavy atom. The number of aromatic nitrogens is 5. The van der Waals surface area contributed by atoms with Gasteiger partial charge >= 0.3 is 6.03 Å². The van der Waals surface area contributed by atoms with Gasteiger partial charge in [0, 0.05) is 19.3 Å². The van der Waals surface area contributed by atoms with E-state index in [1.165, 1.54) is 7.11 Å². The minimum atomic E-state index is -0.452. The highest BCUT2D eigenvalue weighted by Gasteiger charge is 2.21. The molecule has 10 nitrogen and oxygen atoms in total. The van der Waals surface area contributed by atoms with Gasteiger partial charge in [0.25, 0.3) is 0 Å². The van der Waals surface area contributed by atoms with Gasteiger partial charge in [0.15, 0.2) is 0 Å². The van der Waals surface area contributed by atoms with Crippen LogP contribution in [0.1, 0.15) is 23.0 Å². The van der Waals surface area contributed by atoms with Gasteiger partial charge < -0.3 is 15.2 Å². The molecule has 0 radical (unpaired) electrons. The van der Waals surface area contributed by atoms with Crippen LogP contribution in [0.3, 0.4) is 0 Å². The van der Waals surface area contributed by atoms with Crippen molar-refractivity contribution in [2.24, 2.45) is 7.05 Å². The number of carbonyl (C=O) groups excluding carboxylic acids is 1. The summed E-state index contributed by atoms with van der Waals surface area (Å²) in [6.07, 6.45) is 1.68. The maximum absolute atomic E-state index is 12.8. The second-order valence-corrected chi connectivity index (χ2v) is 6.59. The first-order valence-electron chi connectivity index (χ1n) is 9.24. The molecule has 0 saturated carbocycles. The molecule has 0 saturated heterocycles. The second-order valence-electron chi connectivity index (χ2n) is 6.59. The number of rotatable bonds is 6. The average Bonchev–Trinajstić information content (AvgIpc) is 3.37. The Morgan fingerprint density at radius 1 is 1.30 bits per heavy atom. The van der Waals surface area contributed by atoms with Crippen LogP contribution in [-0.2, 0) is 13.7 Å². The molecule has 3 aromatic heterocycles. The van der Waals surface area contributed by atoms with E-state index in [2.05, 4.69) is 30.9 Å². The highest BCUT2D eigenvalue weighted by molar-refractivity contribution is 5.93. The molecule has 0 spiro atoms. The molecular formula is C20H21N7O3. The van der Waals surface area contributed by atoms with E-state index in [-0.39, 0.29) is 12.4 Å². The lowest BCUT2D eigenvalue weighted by Gasteiger charge is -2.20. The van der Waals surface area contributed by atoms with Crippen LogP contribution in [0.15, 0.2) is 48.7 Å². The van der Waals surface area contributed by atoms with E-state index in [1.54, 1.807) is 16.9 Å². The predicted molar refractivity (Wildman–Crippen MR) is 110 cm³/mol. The van der Waals surface area contributed by atoms with Crippen LogP contribution in [0.4, 0.5) is 10.6 Å². The zero-order chi connectivity index (χ0) is 21.1. The van der Waals surface area contributed by atoms with Gasteiger partial charge in [-0.2, -0.15) is 5.10 Å². The standard InChI is InChI=1S/C20H21N7O3/c1-27-15(8-9-21-27)18(12-6-4-3-5-7-12)24-20(29)23-16-10-13-17(14(11-28)22-16)19(30-2)26-25-13/h3-10,18,28H,11H2,1-2H3,(H,25,26)(H2,22,23,24,29). The van der Waals surface area contributed by atoms with Crippen molar-refractivity contribution in [2.45, 2.75) is 12.6 Å². The number of fused-ring (bicyclic) bond motifs is 1. The maximum Gasteiger partial charge on any atom is 0.321 e. The van der Waals surface area contributed by atoms with Gasteiger partial charge in [-0.3, -0.25) is 15.1 Å². The lowest BCUT2D eigenvalue weighted by molar-refractivity contribution is 0.249. The van der Waals surface area contributed by atoms with Crippen molar-refractivity contribution in [3.05, 3.63) is 65.6 Å². The number of amides is 2. The summed E-state index contributed by atoms with van der Waals surface area (Å²) in [7, 11) is 3.30. The van der Waals surface area contributed by atoms with Gasteiger partial charge in [-0.15, -0.1) is 5.10 Å². The lowest BCUT2D eigenvalue weighted by Crippen LogP contribution is -2.34. The lowest BCUT2D eigenvalue weighted by atomic mass is 10.0. The largest absolute Gasteiger partial charge is 0.479 e. The molecule has 0 aliphatic rings. The third-order valence-corrected chi connectivity index (χ3v) is 4.73. The van der Waals surface area contributed by atoms with E-state index in [9.17, 15) is 9.90 Å². The monoisotopic (exact) mass is 407 g/mol. The van der Waals surface area contributed by atoms with Gasteiger partial charge in [-0.05, 0) is 11.6 Å². The van der Waals surface area contributed by atoms with Crippen LogP contribution in [0.25, 0.3) is 10.9 Å². The summed E-state index contributed by atoms with van der Waals surface area (Å²) >= 11 is 0. The summed E-state index contributed by atoms with van der Waals surface area (Å²) in [5, 5.41) is 27.0. The van der Waals surface area contributed by atoms with E-state index in [0.717, 1.165) is 11.3 Å². The van der Waals surface area contributed by atoms with Crippen molar-refractivity contribution in [1.82, 2.24) is 30.3 Å². The normalized spacial score (nSPS) is 12.0. The van der Waals surface area contributed by atoms with Crippen molar-refractivity contribution in [3.8, 4) is 5.88 Å². The highest BCUT2D eigenvalue weighted by atomic mass is 16.5. The number of H-pyrrole nitrogens is 1. The number of anilines is 1. The van der Waals surface area contributed by atoms with Crippen molar-refractivity contribution in [2.75, 3.05) is 12.4 Å². The molecule has 30 heavy (non-hydrogen) atoms. The van der Waals surface area contributed by atoms with E-state index < -0.39 is 12.1 Å². The molecule has 154 valence electrons. The number of methoxy groups -OCH3 is 1. The summed E-state index contributed by atoms with van der Waals surface area (Å²) in [6.45, 7) is -0.328. The van der Waals surface area contributed by atoms with Crippen LogP contribution in [0.2, 0.25) is 0 Å². The minimum absolute atomic E-state index is 0.271. The molecule has 0 aliphatic heterocycles. The number of benzene rings is 1. The van der Waals surface area contributed by atoms with Gasteiger partial charge in [0.1, 0.15) is 5.82 Å². The first kappa shape index (κ1) is 19.4. The Labute approximate surface area is 171 Å². The zero-order valence-corrected chi connectivity index (χ0v) is 16.5. The van der Waals surface area contributed by atoms with Gasteiger partial charge in [-0.1, -0.05) is 30.3 Å². The average molecular weight is 407 g/mol. The number of aliphatic hydroxyl groups excluding tert-OH is 1. The number of ether oxygens (including phenoxy) is 1. The number of carbonyl (C=O) groups is 1. The van der Waals surface area contributed by atoms with E-state index in [1.807, 2.05) is 43.4 Å². The first-order chi connectivity index (χ1) is 14.6. The Balaban J connectivity index is 1.60. The van der Waals surface area contributed by atoms with Crippen LogP contribution < -0.4 is 15.4 Å². The Bertz CT molecular complexity index is 1170. The third kappa shape index (κ3) is 3.67. The van der Waals surface area contributed by atoms with E-state index in [0.29, 0.717) is 22.5 Å². The zero-order valence-electron chi connectivity index (χ0n) is 16.5. The number of hydrogen-bond acceptors (Lipinski definition) is 6. The number of hydrogen-bond donors (Lipinski definition) is 4. The predicted octanol–water partition coefficient (Wildman–Crippen LogP) is 2.10. The quantitative estimate of drug-likeness (QED) is 0.387. The summed E-state index contributed by atoms with van der Waals surface area (Å²) < 4.78 is 6.89. The van der Waals surface area contributed by atoms with Crippen LogP contribution >= 0.6 is 0 Å². The number of urea groups is 1. The van der Waals surface area contributed by atoms with Crippen LogP contribution in [0.5, 0.6) is 5.88 Å². The number of aryl methyl sites for hydroxylation is 1. The molecular weight excluding hydrogens is 386 g/mol. The molecule has 1 atom stereocenters. The molecule has 1 aromatic carbocycles. The summed E-state index contributed by atoms with van der Waals surface area (Å²) in [5.74, 6) is 0.602. The van der Waals surface area contributed by atoms with Crippen LogP contribution in [-0.4, -0.2) is 43.2 Å². The van der Waals surface area contributed by atoms with Crippen molar-refractivity contribution < 1.29 is 14.6 Å². The van der Waals surface area contributed by atoms with E-state index >= 15 is 0 Å². The number of aromatic amines is 1. The molecule has 2 amide bonds. The molecule has 4 N–H and O–H groups in total. The van der Waals surface area contributed by atoms with Crippen molar-refractivity contribution >= 4 is 22.8 Å².